The molecule has 2 rings (SSSR count). The van der Waals surface area contributed by atoms with E-state index >= 15 is 0 Å². The van der Waals surface area contributed by atoms with Gasteiger partial charge in [0.2, 0.25) is 5.91 Å². The fourth-order valence-electron chi connectivity index (χ4n) is 3.15. The van der Waals surface area contributed by atoms with E-state index in [0.29, 0.717) is 37.1 Å². The summed E-state index contributed by atoms with van der Waals surface area (Å²) in [6, 6.07) is 0.603. The molecule has 0 unspecified atom stereocenters. The molecule has 1 aliphatic rings. The summed E-state index contributed by atoms with van der Waals surface area (Å²) in [7, 11) is 2.16. The molecule has 1 aromatic heterocycles. The van der Waals surface area contributed by atoms with Crippen LogP contribution in [0.5, 0.6) is 0 Å². The summed E-state index contributed by atoms with van der Waals surface area (Å²) in [5.74, 6) is 1.05. The highest BCUT2D eigenvalue weighted by Gasteiger charge is 2.24. The van der Waals surface area contributed by atoms with Crippen LogP contribution < -0.4 is 5.73 Å². The van der Waals surface area contributed by atoms with Crippen LogP contribution >= 0.6 is 11.6 Å². The van der Waals surface area contributed by atoms with Gasteiger partial charge >= 0.3 is 0 Å². The molecular formula is C16H28ClN5O. The van der Waals surface area contributed by atoms with E-state index in [1.165, 1.54) is 0 Å². The molecule has 0 radical (unpaired) electrons. The van der Waals surface area contributed by atoms with Gasteiger partial charge < -0.3 is 20.1 Å². The van der Waals surface area contributed by atoms with E-state index in [4.69, 9.17) is 17.3 Å². The molecule has 1 amide bonds. The highest BCUT2D eigenvalue weighted by molar-refractivity contribution is 6.29. The van der Waals surface area contributed by atoms with Crippen LogP contribution in [0.1, 0.15) is 32.0 Å². The molecule has 23 heavy (non-hydrogen) atoms. The van der Waals surface area contributed by atoms with Crippen LogP contribution in [0, 0.1) is 0 Å². The third-order valence-electron chi connectivity index (χ3n) is 4.74. The van der Waals surface area contributed by atoms with Crippen molar-refractivity contribution in [1.29, 1.82) is 0 Å². The van der Waals surface area contributed by atoms with E-state index in [2.05, 4.69) is 23.9 Å². The number of amides is 1. The minimum absolute atomic E-state index is 0.209. The molecule has 6 nitrogen and oxygen atoms in total. The number of carbonyl (C=O) groups is 1. The molecule has 2 N–H and O–H groups in total. The van der Waals surface area contributed by atoms with E-state index in [-0.39, 0.29) is 5.91 Å². The van der Waals surface area contributed by atoms with E-state index in [1.807, 2.05) is 9.47 Å². The normalized spacial score (nSPS) is 16.3. The number of rotatable bonds is 7. The fraction of sp³-hybridized carbons (Fsp3) is 0.750. The Balaban J connectivity index is 1.82. The second-order valence-electron chi connectivity index (χ2n) is 6.12. The second-order valence-corrected chi connectivity index (χ2v) is 6.51. The van der Waals surface area contributed by atoms with Crippen molar-refractivity contribution in [3.8, 4) is 0 Å². The number of aromatic nitrogens is 2. The lowest BCUT2D eigenvalue weighted by molar-refractivity contribution is -0.132. The number of aryl methyl sites for hydroxylation is 1. The first kappa shape index (κ1) is 18.2. The number of piperidine rings is 1. The van der Waals surface area contributed by atoms with E-state index in [0.717, 1.165) is 38.3 Å². The maximum atomic E-state index is 12.4. The molecule has 0 aliphatic carbocycles. The second kappa shape index (κ2) is 8.66. The summed E-state index contributed by atoms with van der Waals surface area (Å²) < 4.78 is 1.89. The lowest BCUT2D eigenvalue weighted by Gasteiger charge is -2.36. The highest BCUT2D eigenvalue weighted by atomic mass is 35.5. The average Bonchev–Trinajstić information content (AvgIpc) is 2.93. The Morgan fingerprint density at radius 3 is 2.78 bits per heavy atom. The SMILES string of the molecule is CCN(C)C1CCN(C(=O)CCc2ncc(Cl)n2CCN)CC1. The van der Waals surface area contributed by atoms with Gasteiger partial charge in [-0.2, -0.15) is 0 Å². The van der Waals surface area contributed by atoms with E-state index in [9.17, 15) is 4.79 Å². The van der Waals surface area contributed by atoms with Gasteiger partial charge in [-0.25, -0.2) is 4.98 Å². The number of hydrogen-bond donors (Lipinski definition) is 1. The smallest absolute Gasteiger partial charge is 0.223 e. The third-order valence-corrected chi connectivity index (χ3v) is 5.05. The lowest BCUT2D eigenvalue weighted by atomic mass is 10.0. The number of carbonyl (C=O) groups excluding carboxylic acids is 1. The van der Waals surface area contributed by atoms with Crippen molar-refractivity contribution < 1.29 is 4.79 Å². The van der Waals surface area contributed by atoms with Crippen LogP contribution in [0.2, 0.25) is 5.15 Å². The van der Waals surface area contributed by atoms with Crippen molar-refractivity contribution >= 4 is 17.5 Å². The third kappa shape index (κ3) is 4.68. The molecule has 0 saturated carbocycles. The Morgan fingerprint density at radius 1 is 1.48 bits per heavy atom. The van der Waals surface area contributed by atoms with Crippen LogP contribution in [0.25, 0.3) is 0 Å². The summed E-state index contributed by atoms with van der Waals surface area (Å²) in [5.41, 5.74) is 5.59. The van der Waals surface area contributed by atoms with Gasteiger partial charge in [0.1, 0.15) is 11.0 Å². The molecule has 7 heteroatoms. The standard InChI is InChI=1S/C16H28ClN5O/c1-3-20(2)13-6-9-21(10-7-13)16(23)5-4-15-19-12-14(17)22(15)11-8-18/h12-13H,3-11,18H2,1-2H3. The number of likely N-dealkylation sites (tertiary alicyclic amines) is 1. The summed E-state index contributed by atoms with van der Waals surface area (Å²) >= 11 is 6.09. The predicted octanol–water partition coefficient (Wildman–Crippen LogP) is 1.37. The Labute approximate surface area is 143 Å². The van der Waals surface area contributed by atoms with Crippen LogP contribution in [-0.2, 0) is 17.8 Å². The minimum Gasteiger partial charge on any atom is -0.343 e. The minimum atomic E-state index is 0.209. The van der Waals surface area contributed by atoms with Gasteiger partial charge in [0.05, 0.1) is 6.20 Å². The van der Waals surface area contributed by atoms with Crippen molar-refractivity contribution in [1.82, 2.24) is 19.4 Å². The van der Waals surface area contributed by atoms with Crippen molar-refractivity contribution in [2.75, 3.05) is 33.2 Å². The lowest BCUT2D eigenvalue weighted by Crippen LogP contribution is -2.45. The van der Waals surface area contributed by atoms with Crippen molar-refractivity contribution in [2.45, 2.75) is 45.2 Å². The molecule has 1 fully saturated rings. The van der Waals surface area contributed by atoms with Gasteiger partial charge in [0.15, 0.2) is 0 Å². The van der Waals surface area contributed by atoms with Crippen LogP contribution in [0.4, 0.5) is 0 Å². The fourth-order valence-corrected chi connectivity index (χ4v) is 3.38. The number of nitrogens with two attached hydrogens (primary N) is 1. The Hall–Kier alpha value is -1.11. The summed E-state index contributed by atoms with van der Waals surface area (Å²) in [5, 5.41) is 0.585. The summed E-state index contributed by atoms with van der Waals surface area (Å²) in [4.78, 5) is 21.1. The van der Waals surface area contributed by atoms with E-state index in [1.54, 1.807) is 6.20 Å². The quantitative estimate of drug-likeness (QED) is 0.813. The first-order valence-corrected chi connectivity index (χ1v) is 8.82. The van der Waals surface area contributed by atoms with E-state index < -0.39 is 0 Å². The van der Waals surface area contributed by atoms with Crippen molar-refractivity contribution in [2.24, 2.45) is 5.73 Å². The molecular weight excluding hydrogens is 314 g/mol. The maximum absolute atomic E-state index is 12.4. The number of hydrogen-bond acceptors (Lipinski definition) is 4. The Kier molecular flexibility index (Phi) is 6.87. The molecule has 0 spiro atoms. The molecule has 1 aromatic rings. The molecule has 2 heterocycles. The van der Waals surface area contributed by atoms with Gasteiger partial charge in [-0.3, -0.25) is 4.79 Å². The Bertz CT molecular complexity index is 511. The van der Waals surface area contributed by atoms with Crippen molar-refractivity contribution in [3.05, 3.63) is 17.2 Å². The van der Waals surface area contributed by atoms with Gasteiger partial charge in [-0.15, -0.1) is 0 Å². The highest BCUT2D eigenvalue weighted by Crippen LogP contribution is 2.17. The summed E-state index contributed by atoms with van der Waals surface area (Å²) in [6.07, 6.45) is 4.84. The van der Waals surface area contributed by atoms with Gasteiger partial charge in [-0.1, -0.05) is 18.5 Å². The molecule has 0 atom stereocenters. The molecule has 0 aromatic carbocycles. The number of halogens is 1. The predicted molar refractivity (Wildman–Crippen MR) is 92.5 cm³/mol. The average molecular weight is 342 g/mol. The maximum Gasteiger partial charge on any atom is 0.223 e. The molecule has 130 valence electrons. The zero-order valence-corrected chi connectivity index (χ0v) is 14.9. The Morgan fingerprint density at radius 2 is 2.17 bits per heavy atom. The topological polar surface area (TPSA) is 67.4 Å². The van der Waals surface area contributed by atoms with Crippen LogP contribution in [-0.4, -0.2) is 64.5 Å². The monoisotopic (exact) mass is 341 g/mol. The van der Waals surface area contributed by atoms with Crippen molar-refractivity contribution in [3.63, 3.8) is 0 Å². The number of imidazole rings is 1. The summed E-state index contributed by atoms with van der Waals surface area (Å²) in [6.45, 7) is 6.08. The zero-order valence-electron chi connectivity index (χ0n) is 14.2. The van der Waals surface area contributed by atoms with Crippen LogP contribution in [0.15, 0.2) is 6.20 Å². The largest absolute Gasteiger partial charge is 0.343 e. The molecule has 1 aliphatic heterocycles. The zero-order chi connectivity index (χ0) is 16.8. The van der Waals surface area contributed by atoms with Crippen LogP contribution in [0.3, 0.4) is 0 Å². The van der Waals surface area contributed by atoms with Gasteiger partial charge in [-0.05, 0) is 26.4 Å². The van der Waals surface area contributed by atoms with Gasteiger partial charge in [0.25, 0.3) is 0 Å². The first-order valence-electron chi connectivity index (χ1n) is 8.44. The molecule has 0 bridgehead atoms. The van der Waals surface area contributed by atoms with Gasteiger partial charge in [0, 0.05) is 45.1 Å². The first-order chi connectivity index (χ1) is 11.1. The number of nitrogens with zero attached hydrogens (tertiary/aromatic N) is 4. The molecule has 1 saturated heterocycles.